The predicted molar refractivity (Wildman–Crippen MR) is 93.1 cm³/mol. The molecule has 0 fully saturated rings. The zero-order valence-corrected chi connectivity index (χ0v) is 14.0. The molecule has 0 aliphatic rings. The van der Waals surface area contributed by atoms with Gasteiger partial charge in [-0.05, 0) is 24.0 Å². The van der Waals surface area contributed by atoms with E-state index in [-0.39, 0.29) is 6.61 Å². The van der Waals surface area contributed by atoms with Gasteiger partial charge in [0.05, 0.1) is 0 Å². The molecule has 0 aliphatic heterocycles. The second-order valence-corrected chi connectivity index (χ2v) is 5.64. The lowest BCUT2D eigenvalue weighted by atomic mass is 9.96. The fraction of sp³-hybridized carbons (Fsp3) is 0.400. The lowest BCUT2D eigenvalue weighted by molar-refractivity contribution is -0.221. The molecule has 0 amide bonds. The topological polar surface area (TPSA) is 38.7 Å². The SMILES string of the molecule is COC(CCCCCO)(OC)c1ccc(-c2ccccc2)cc1. The van der Waals surface area contributed by atoms with Gasteiger partial charge in [0.25, 0.3) is 0 Å². The summed E-state index contributed by atoms with van der Waals surface area (Å²) in [6.45, 7) is 0.235. The molecule has 0 aromatic heterocycles. The van der Waals surface area contributed by atoms with Crippen molar-refractivity contribution in [3.63, 3.8) is 0 Å². The van der Waals surface area contributed by atoms with Crippen molar-refractivity contribution in [1.82, 2.24) is 0 Å². The monoisotopic (exact) mass is 314 g/mol. The maximum atomic E-state index is 8.90. The molecule has 124 valence electrons. The Morgan fingerprint density at radius 3 is 1.96 bits per heavy atom. The lowest BCUT2D eigenvalue weighted by Gasteiger charge is -2.31. The number of hydrogen-bond donors (Lipinski definition) is 1. The molecule has 0 heterocycles. The zero-order valence-electron chi connectivity index (χ0n) is 14.0. The van der Waals surface area contributed by atoms with E-state index in [1.807, 2.05) is 18.2 Å². The van der Waals surface area contributed by atoms with E-state index in [0.29, 0.717) is 0 Å². The van der Waals surface area contributed by atoms with Gasteiger partial charge in [0.2, 0.25) is 0 Å². The highest BCUT2D eigenvalue weighted by Crippen LogP contribution is 2.33. The van der Waals surface area contributed by atoms with Crippen LogP contribution in [0.25, 0.3) is 11.1 Å². The first-order chi connectivity index (χ1) is 11.3. The molecule has 0 unspecified atom stereocenters. The molecule has 2 aromatic carbocycles. The molecule has 0 aliphatic carbocycles. The third kappa shape index (κ3) is 4.41. The fourth-order valence-corrected chi connectivity index (χ4v) is 2.86. The first-order valence-electron chi connectivity index (χ1n) is 8.13. The Morgan fingerprint density at radius 2 is 1.39 bits per heavy atom. The van der Waals surface area contributed by atoms with Crippen molar-refractivity contribution in [3.8, 4) is 11.1 Å². The summed E-state index contributed by atoms with van der Waals surface area (Å²) in [5, 5.41) is 8.90. The summed E-state index contributed by atoms with van der Waals surface area (Å²) in [5.74, 6) is -0.718. The molecule has 0 atom stereocenters. The van der Waals surface area contributed by atoms with Crippen molar-refractivity contribution in [2.75, 3.05) is 20.8 Å². The molecule has 0 spiro atoms. The van der Waals surface area contributed by atoms with E-state index in [0.717, 1.165) is 31.2 Å². The van der Waals surface area contributed by atoms with Crippen LogP contribution >= 0.6 is 0 Å². The zero-order chi connectivity index (χ0) is 16.5. The van der Waals surface area contributed by atoms with Gasteiger partial charge in [-0.3, -0.25) is 0 Å². The highest BCUT2D eigenvalue weighted by atomic mass is 16.7. The van der Waals surface area contributed by atoms with E-state index in [2.05, 4.69) is 36.4 Å². The molecule has 0 radical (unpaired) electrons. The smallest absolute Gasteiger partial charge is 0.194 e. The Balaban J connectivity index is 2.16. The highest BCUT2D eigenvalue weighted by molar-refractivity contribution is 5.63. The number of hydrogen-bond acceptors (Lipinski definition) is 3. The Labute approximate surface area is 138 Å². The number of rotatable bonds is 9. The maximum Gasteiger partial charge on any atom is 0.194 e. The van der Waals surface area contributed by atoms with Crippen LogP contribution < -0.4 is 0 Å². The minimum absolute atomic E-state index is 0.235. The molecular weight excluding hydrogens is 288 g/mol. The van der Waals surface area contributed by atoms with Crippen LogP contribution in [0, 0.1) is 0 Å². The maximum absolute atomic E-state index is 8.90. The van der Waals surface area contributed by atoms with Crippen LogP contribution in [0.1, 0.15) is 31.2 Å². The Kier molecular flexibility index (Phi) is 6.78. The third-order valence-electron chi connectivity index (χ3n) is 4.26. The molecule has 2 rings (SSSR count). The van der Waals surface area contributed by atoms with Gasteiger partial charge >= 0.3 is 0 Å². The average molecular weight is 314 g/mol. The van der Waals surface area contributed by atoms with E-state index >= 15 is 0 Å². The summed E-state index contributed by atoms with van der Waals surface area (Å²) < 4.78 is 11.4. The van der Waals surface area contributed by atoms with Gasteiger partial charge in [-0.15, -0.1) is 0 Å². The van der Waals surface area contributed by atoms with Gasteiger partial charge in [0.15, 0.2) is 5.79 Å². The van der Waals surface area contributed by atoms with Crippen LogP contribution in [-0.4, -0.2) is 25.9 Å². The number of unbranched alkanes of at least 4 members (excludes halogenated alkanes) is 2. The molecule has 3 heteroatoms. The largest absolute Gasteiger partial charge is 0.396 e. The van der Waals surface area contributed by atoms with Crippen molar-refractivity contribution < 1.29 is 14.6 Å². The summed E-state index contributed by atoms with van der Waals surface area (Å²) >= 11 is 0. The molecule has 23 heavy (non-hydrogen) atoms. The molecule has 0 saturated heterocycles. The van der Waals surface area contributed by atoms with Crippen LogP contribution in [0.2, 0.25) is 0 Å². The Morgan fingerprint density at radius 1 is 0.783 bits per heavy atom. The Hall–Kier alpha value is -1.68. The van der Waals surface area contributed by atoms with Crippen LogP contribution in [0.4, 0.5) is 0 Å². The van der Waals surface area contributed by atoms with Crippen molar-refractivity contribution >= 4 is 0 Å². The van der Waals surface area contributed by atoms with Gasteiger partial charge < -0.3 is 14.6 Å². The van der Waals surface area contributed by atoms with Crippen molar-refractivity contribution in [3.05, 3.63) is 60.2 Å². The van der Waals surface area contributed by atoms with E-state index in [1.54, 1.807) is 14.2 Å². The number of aliphatic hydroxyl groups excluding tert-OH is 1. The van der Waals surface area contributed by atoms with Crippen molar-refractivity contribution in [1.29, 1.82) is 0 Å². The number of benzene rings is 2. The second-order valence-electron chi connectivity index (χ2n) is 5.64. The molecular formula is C20H26O3. The number of methoxy groups -OCH3 is 2. The average Bonchev–Trinajstić information content (AvgIpc) is 2.63. The van der Waals surface area contributed by atoms with Crippen molar-refractivity contribution in [2.45, 2.75) is 31.5 Å². The number of aliphatic hydroxyl groups is 1. The normalized spacial score (nSPS) is 11.6. The van der Waals surface area contributed by atoms with Crippen LogP contribution in [-0.2, 0) is 15.3 Å². The van der Waals surface area contributed by atoms with Crippen molar-refractivity contribution in [2.24, 2.45) is 0 Å². The molecule has 3 nitrogen and oxygen atoms in total. The summed E-state index contributed by atoms with van der Waals surface area (Å²) in [4.78, 5) is 0. The minimum Gasteiger partial charge on any atom is -0.396 e. The van der Waals surface area contributed by atoms with Gasteiger partial charge in [0, 0.05) is 32.8 Å². The number of ether oxygens (including phenoxy) is 2. The van der Waals surface area contributed by atoms with E-state index < -0.39 is 5.79 Å². The first-order valence-corrected chi connectivity index (χ1v) is 8.13. The van der Waals surface area contributed by atoms with Crippen LogP contribution in [0.5, 0.6) is 0 Å². The summed E-state index contributed by atoms with van der Waals surface area (Å²) in [7, 11) is 3.36. The van der Waals surface area contributed by atoms with Gasteiger partial charge in [-0.25, -0.2) is 0 Å². The van der Waals surface area contributed by atoms with Gasteiger partial charge in [0.1, 0.15) is 0 Å². The highest BCUT2D eigenvalue weighted by Gasteiger charge is 2.31. The first kappa shape index (κ1) is 17.7. The van der Waals surface area contributed by atoms with E-state index in [9.17, 15) is 0 Å². The molecule has 0 bridgehead atoms. The van der Waals surface area contributed by atoms with E-state index in [4.69, 9.17) is 14.6 Å². The molecule has 0 saturated carbocycles. The van der Waals surface area contributed by atoms with Crippen LogP contribution in [0.3, 0.4) is 0 Å². The summed E-state index contributed by atoms with van der Waals surface area (Å²) in [5.41, 5.74) is 3.39. The van der Waals surface area contributed by atoms with E-state index in [1.165, 1.54) is 11.1 Å². The van der Waals surface area contributed by atoms with Gasteiger partial charge in [-0.1, -0.05) is 61.0 Å². The Bertz CT molecular complexity index is 559. The lowest BCUT2D eigenvalue weighted by Crippen LogP contribution is -2.30. The van der Waals surface area contributed by atoms with Crippen LogP contribution in [0.15, 0.2) is 54.6 Å². The second kappa shape index (κ2) is 8.82. The summed E-state index contributed by atoms with van der Waals surface area (Å²) in [6.07, 6.45) is 3.50. The fourth-order valence-electron chi connectivity index (χ4n) is 2.86. The molecule has 1 N–H and O–H groups in total. The summed E-state index contributed by atoms with van der Waals surface area (Å²) in [6, 6.07) is 18.6. The molecule has 2 aromatic rings. The predicted octanol–water partition coefficient (Wildman–Crippen LogP) is 4.35. The van der Waals surface area contributed by atoms with Gasteiger partial charge in [-0.2, -0.15) is 0 Å². The quantitative estimate of drug-likeness (QED) is 0.552. The minimum atomic E-state index is -0.718. The third-order valence-corrected chi connectivity index (χ3v) is 4.26. The standard InChI is InChI=1S/C20H26O3/c1-22-20(23-2,15-7-4-8-16-21)19-13-11-18(12-14-19)17-9-5-3-6-10-17/h3,5-6,9-14,21H,4,7-8,15-16H2,1-2H3.